The number of methoxy groups -OCH3 is 1. The molecule has 6 nitrogen and oxygen atoms in total. The van der Waals surface area contributed by atoms with Crippen molar-refractivity contribution in [3.63, 3.8) is 0 Å². The average Bonchev–Trinajstić information content (AvgIpc) is 2.88. The number of rotatable bonds is 4. The van der Waals surface area contributed by atoms with Crippen LogP contribution in [0.5, 0.6) is 5.88 Å². The first-order chi connectivity index (χ1) is 8.76. The van der Waals surface area contributed by atoms with E-state index in [9.17, 15) is 4.79 Å². The Morgan fingerprint density at radius 1 is 1.50 bits per heavy atom. The molecule has 1 aliphatic rings. The molecule has 0 N–H and O–H groups in total. The van der Waals surface area contributed by atoms with Gasteiger partial charge in [0.15, 0.2) is 18.5 Å². The smallest absolute Gasteiger partial charge is 0.335 e. The van der Waals surface area contributed by atoms with Gasteiger partial charge < -0.3 is 14.2 Å². The number of esters is 1. The molecule has 0 fully saturated rings. The monoisotopic (exact) mass is 250 g/mol. The van der Waals surface area contributed by atoms with Gasteiger partial charge >= 0.3 is 5.97 Å². The lowest BCUT2D eigenvalue weighted by Gasteiger charge is -2.16. The van der Waals surface area contributed by atoms with Crippen molar-refractivity contribution in [2.24, 2.45) is 4.99 Å². The van der Waals surface area contributed by atoms with Gasteiger partial charge in [0.05, 0.1) is 13.7 Å². The van der Waals surface area contributed by atoms with E-state index in [-0.39, 0.29) is 0 Å². The number of hydrogen-bond acceptors (Lipinski definition) is 6. The van der Waals surface area contributed by atoms with E-state index in [1.54, 1.807) is 32.4 Å². The minimum atomic E-state index is -0.667. The zero-order chi connectivity index (χ0) is 13.0. The molecule has 1 aromatic rings. The van der Waals surface area contributed by atoms with Crippen molar-refractivity contribution in [1.29, 1.82) is 0 Å². The van der Waals surface area contributed by atoms with E-state index in [4.69, 9.17) is 14.2 Å². The summed E-state index contributed by atoms with van der Waals surface area (Å²) >= 11 is 0. The molecular weight excluding hydrogens is 236 g/mol. The Bertz CT molecular complexity index is 444. The highest BCUT2D eigenvalue weighted by Gasteiger charge is 2.35. The molecule has 0 aromatic carbocycles. The van der Waals surface area contributed by atoms with Crippen LogP contribution in [0.15, 0.2) is 23.3 Å². The highest BCUT2D eigenvalue weighted by atomic mass is 16.5. The number of aromatic nitrogens is 1. The molecule has 0 amide bonds. The van der Waals surface area contributed by atoms with Crippen molar-refractivity contribution in [2.75, 3.05) is 13.7 Å². The van der Waals surface area contributed by atoms with Gasteiger partial charge in [-0.25, -0.2) is 14.8 Å². The lowest BCUT2D eigenvalue weighted by Crippen LogP contribution is -2.26. The molecule has 18 heavy (non-hydrogen) atoms. The second kappa shape index (κ2) is 5.48. The summed E-state index contributed by atoms with van der Waals surface area (Å²) in [6.07, 6.45) is 2.39. The number of aliphatic imine (C=N–C) groups is 1. The van der Waals surface area contributed by atoms with E-state index in [0.717, 1.165) is 5.56 Å². The highest BCUT2D eigenvalue weighted by Crippen LogP contribution is 2.28. The largest absolute Gasteiger partial charge is 0.481 e. The summed E-state index contributed by atoms with van der Waals surface area (Å²) in [5.74, 6) is 0.109. The van der Waals surface area contributed by atoms with Crippen LogP contribution >= 0.6 is 0 Å². The van der Waals surface area contributed by atoms with Crippen LogP contribution in [0.1, 0.15) is 18.6 Å². The Kier molecular flexibility index (Phi) is 3.76. The summed E-state index contributed by atoms with van der Waals surface area (Å²) in [7, 11) is 1.54. The third kappa shape index (κ3) is 2.42. The first kappa shape index (κ1) is 12.3. The Balaban J connectivity index is 2.14. The summed E-state index contributed by atoms with van der Waals surface area (Å²) in [6.45, 7) is 2.07. The number of carbonyl (C=O) groups is 1. The molecule has 1 aromatic heterocycles. The molecule has 0 unspecified atom stereocenters. The van der Waals surface area contributed by atoms with Crippen LogP contribution in [-0.4, -0.2) is 37.1 Å². The fraction of sp³-hybridized carbons (Fsp3) is 0.417. The number of carbonyl (C=O) groups excluding carboxylic acids is 1. The number of ether oxygens (including phenoxy) is 3. The summed E-state index contributed by atoms with van der Waals surface area (Å²) in [6, 6.07) is 2.83. The molecule has 6 heteroatoms. The molecule has 2 rings (SSSR count). The zero-order valence-electron chi connectivity index (χ0n) is 10.2. The topological polar surface area (TPSA) is 70.0 Å². The molecular formula is C12H14N2O4. The third-order valence-corrected chi connectivity index (χ3v) is 2.54. The molecule has 0 radical (unpaired) electrons. The van der Waals surface area contributed by atoms with Gasteiger partial charge in [-0.3, -0.25) is 0 Å². The van der Waals surface area contributed by atoms with Crippen LogP contribution in [0.3, 0.4) is 0 Å². The number of nitrogens with zero attached hydrogens (tertiary/aromatic N) is 2. The molecule has 0 saturated heterocycles. The van der Waals surface area contributed by atoms with E-state index in [0.29, 0.717) is 12.5 Å². The SMILES string of the molecule is CCOC(=O)[C@@H]1N=CO[C@@H]1c1ccc(OC)nc1. The van der Waals surface area contributed by atoms with Crippen molar-refractivity contribution in [2.45, 2.75) is 19.1 Å². The first-order valence-corrected chi connectivity index (χ1v) is 5.60. The van der Waals surface area contributed by atoms with Gasteiger partial charge in [-0.2, -0.15) is 0 Å². The minimum absolute atomic E-state index is 0.318. The van der Waals surface area contributed by atoms with Gasteiger partial charge in [-0.1, -0.05) is 0 Å². The predicted molar refractivity (Wildman–Crippen MR) is 63.5 cm³/mol. The lowest BCUT2D eigenvalue weighted by molar-refractivity contribution is -0.146. The van der Waals surface area contributed by atoms with Gasteiger partial charge in [0.2, 0.25) is 5.88 Å². The van der Waals surface area contributed by atoms with E-state index < -0.39 is 18.1 Å². The fourth-order valence-corrected chi connectivity index (χ4v) is 1.67. The Morgan fingerprint density at radius 3 is 2.94 bits per heavy atom. The molecule has 0 spiro atoms. The molecule has 0 bridgehead atoms. The van der Waals surface area contributed by atoms with E-state index >= 15 is 0 Å². The predicted octanol–water partition coefficient (Wildman–Crippen LogP) is 1.12. The first-order valence-electron chi connectivity index (χ1n) is 5.60. The molecule has 0 aliphatic carbocycles. The molecule has 2 atom stereocenters. The van der Waals surface area contributed by atoms with E-state index in [2.05, 4.69) is 9.98 Å². The number of pyridine rings is 1. The average molecular weight is 250 g/mol. The fourth-order valence-electron chi connectivity index (χ4n) is 1.67. The third-order valence-electron chi connectivity index (χ3n) is 2.54. The maximum atomic E-state index is 11.7. The Hall–Kier alpha value is -2.11. The Morgan fingerprint density at radius 2 is 2.33 bits per heavy atom. The number of hydrogen-bond donors (Lipinski definition) is 0. The molecule has 96 valence electrons. The normalized spacial score (nSPS) is 21.4. The molecule has 0 saturated carbocycles. The van der Waals surface area contributed by atoms with E-state index in [1.165, 1.54) is 6.40 Å². The lowest BCUT2D eigenvalue weighted by atomic mass is 10.1. The minimum Gasteiger partial charge on any atom is -0.481 e. The maximum absolute atomic E-state index is 11.7. The van der Waals surface area contributed by atoms with Crippen molar-refractivity contribution in [3.05, 3.63) is 23.9 Å². The summed E-state index contributed by atoms with van der Waals surface area (Å²) in [4.78, 5) is 19.7. The van der Waals surface area contributed by atoms with Gasteiger partial charge in [0.25, 0.3) is 0 Å². The van der Waals surface area contributed by atoms with E-state index in [1.807, 2.05) is 0 Å². The van der Waals surface area contributed by atoms with Crippen molar-refractivity contribution >= 4 is 12.4 Å². The van der Waals surface area contributed by atoms with Crippen LogP contribution in [0.2, 0.25) is 0 Å². The summed E-state index contributed by atoms with van der Waals surface area (Å²) < 4.78 is 15.2. The van der Waals surface area contributed by atoms with Gasteiger partial charge in [-0.15, -0.1) is 0 Å². The highest BCUT2D eigenvalue weighted by molar-refractivity contribution is 5.80. The quantitative estimate of drug-likeness (QED) is 0.749. The van der Waals surface area contributed by atoms with Gasteiger partial charge in [0, 0.05) is 17.8 Å². The van der Waals surface area contributed by atoms with Crippen molar-refractivity contribution in [3.8, 4) is 5.88 Å². The molecule has 2 heterocycles. The van der Waals surface area contributed by atoms with Gasteiger partial charge in [-0.05, 0) is 13.0 Å². The standard InChI is InChI=1S/C12H14N2O4/c1-3-17-12(15)10-11(18-7-14-10)8-4-5-9(16-2)13-6-8/h4-7,10-11H,3H2,1-2H3/t10-,11-/m1/s1. The van der Waals surface area contributed by atoms with Crippen LogP contribution in [0.4, 0.5) is 0 Å². The maximum Gasteiger partial charge on any atom is 0.335 e. The van der Waals surface area contributed by atoms with Crippen LogP contribution in [0, 0.1) is 0 Å². The van der Waals surface area contributed by atoms with Crippen molar-refractivity contribution < 1.29 is 19.0 Å². The summed E-state index contributed by atoms with van der Waals surface area (Å²) in [5.41, 5.74) is 0.756. The van der Waals surface area contributed by atoms with Crippen molar-refractivity contribution in [1.82, 2.24) is 4.98 Å². The second-order valence-electron chi connectivity index (χ2n) is 3.64. The Labute approximate surface area is 105 Å². The zero-order valence-corrected chi connectivity index (χ0v) is 10.2. The molecule has 1 aliphatic heterocycles. The second-order valence-corrected chi connectivity index (χ2v) is 3.64. The summed E-state index contributed by atoms with van der Waals surface area (Å²) in [5, 5.41) is 0. The van der Waals surface area contributed by atoms with Crippen LogP contribution in [0.25, 0.3) is 0 Å². The van der Waals surface area contributed by atoms with Crippen LogP contribution < -0.4 is 4.74 Å². The van der Waals surface area contributed by atoms with Crippen LogP contribution in [-0.2, 0) is 14.3 Å². The van der Waals surface area contributed by atoms with Gasteiger partial charge in [0.1, 0.15) is 0 Å².